The molecule has 0 spiro atoms. The Kier molecular flexibility index (Phi) is 3.18. The molecule has 21 heavy (non-hydrogen) atoms. The molecule has 2 heterocycles. The van der Waals surface area contributed by atoms with Gasteiger partial charge in [-0.3, -0.25) is 0 Å². The second-order valence-corrected chi connectivity index (χ2v) is 7.26. The van der Waals surface area contributed by atoms with Crippen LogP contribution in [0.25, 0.3) is 0 Å². The Labute approximate surface area is 130 Å². The van der Waals surface area contributed by atoms with E-state index in [1.165, 1.54) is 34.4 Å². The molecule has 1 aliphatic heterocycles. The van der Waals surface area contributed by atoms with Crippen LogP contribution in [-0.2, 0) is 16.7 Å². The summed E-state index contributed by atoms with van der Waals surface area (Å²) in [5.41, 5.74) is 4.62. The molecule has 1 atom stereocenters. The number of aryl methyl sites for hydroxylation is 1. The summed E-state index contributed by atoms with van der Waals surface area (Å²) < 4.78 is 0. The minimum Gasteiger partial charge on any atom is -0.302 e. The van der Waals surface area contributed by atoms with E-state index < -0.39 is 0 Å². The Balaban J connectivity index is 1.83. The Morgan fingerprint density at radius 2 is 2.14 bits per heavy atom. The first-order valence-corrected chi connectivity index (χ1v) is 8.57. The normalized spacial score (nSPS) is 23.8. The SMILES string of the molecule is CON1CCc2cc(C)ccc2C1C1(c2cccs2)CC1. The van der Waals surface area contributed by atoms with Gasteiger partial charge in [-0.05, 0) is 48.8 Å². The zero-order valence-corrected chi connectivity index (χ0v) is 13.5. The molecule has 1 aliphatic carbocycles. The minimum absolute atomic E-state index is 0.272. The van der Waals surface area contributed by atoms with Crippen LogP contribution in [0.15, 0.2) is 35.7 Å². The Bertz CT molecular complexity index is 645. The van der Waals surface area contributed by atoms with Crippen molar-refractivity contribution in [1.82, 2.24) is 5.06 Å². The van der Waals surface area contributed by atoms with Crippen LogP contribution in [0.4, 0.5) is 0 Å². The molecule has 1 saturated carbocycles. The molecular formula is C18H21NOS. The van der Waals surface area contributed by atoms with Crippen molar-refractivity contribution in [1.29, 1.82) is 0 Å². The molecule has 2 aromatic rings. The lowest BCUT2D eigenvalue weighted by Gasteiger charge is -2.40. The summed E-state index contributed by atoms with van der Waals surface area (Å²) in [6.45, 7) is 3.18. The highest BCUT2D eigenvalue weighted by atomic mass is 32.1. The standard InChI is InChI=1S/C18H21NOS/c1-13-5-6-15-14(12-13)7-10-19(20-2)17(15)18(8-9-18)16-4-3-11-21-16/h3-6,11-12,17H,7-10H2,1-2H3. The second-order valence-electron chi connectivity index (χ2n) is 6.31. The van der Waals surface area contributed by atoms with Crippen molar-refractivity contribution < 1.29 is 4.84 Å². The van der Waals surface area contributed by atoms with Crippen LogP contribution < -0.4 is 0 Å². The van der Waals surface area contributed by atoms with E-state index in [9.17, 15) is 0 Å². The molecule has 0 amide bonds. The Hall–Kier alpha value is -1.16. The lowest BCUT2D eigenvalue weighted by Crippen LogP contribution is -2.40. The zero-order valence-electron chi connectivity index (χ0n) is 12.6. The second kappa shape index (κ2) is 4.94. The summed E-state index contributed by atoms with van der Waals surface area (Å²) >= 11 is 1.89. The van der Waals surface area contributed by atoms with Gasteiger partial charge in [0, 0.05) is 16.8 Å². The molecule has 1 aromatic heterocycles. The molecule has 110 valence electrons. The molecule has 0 radical (unpaired) electrons. The Morgan fingerprint density at radius 1 is 1.29 bits per heavy atom. The molecule has 2 nitrogen and oxygen atoms in total. The van der Waals surface area contributed by atoms with E-state index in [4.69, 9.17) is 4.84 Å². The molecular weight excluding hydrogens is 278 g/mol. The third kappa shape index (κ3) is 2.07. The van der Waals surface area contributed by atoms with Crippen molar-refractivity contribution in [2.75, 3.05) is 13.7 Å². The van der Waals surface area contributed by atoms with Crippen molar-refractivity contribution >= 4 is 11.3 Å². The lowest BCUT2D eigenvalue weighted by molar-refractivity contribution is -0.176. The summed E-state index contributed by atoms with van der Waals surface area (Å²) in [4.78, 5) is 7.27. The number of fused-ring (bicyclic) bond motifs is 1. The van der Waals surface area contributed by atoms with Crippen LogP contribution >= 0.6 is 11.3 Å². The summed E-state index contributed by atoms with van der Waals surface area (Å²) in [6.07, 6.45) is 3.62. The highest BCUT2D eigenvalue weighted by Crippen LogP contribution is 2.61. The quantitative estimate of drug-likeness (QED) is 0.840. The number of nitrogens with zero attached hydrogens (tertiary/aromatic N) is 1. The van der Waals surface area contributed by atoms with Crippen LogP contribution in [0, 0.1) is 6.92 Å². The van der Waals surface area contributed by atoms with Gasteiger partial charge in [0.05, 0.1) is 13.2 Å². The van der Waals surface area contributed by atoms with E-state index in [0.717, 1.165) is 13.0 Å². The average molecular weight is 299 g/mol. The first-order valence-electron chi connectivity index (χ1n) is 7.69. The molecule has 1 unspecified atom stereocenters. The summed E-state index contributed by atoms with van der Waals surface area (Å²) in [5, 5.41) is 4.41. The predicted molar refractivity (Wildman–Crippen MR) is 86.6 cm³/mol. The summed E-state index contributed by atoms with van der Waals surface area (Å²) in [6, 6.07) is 11.8. The third-order valence-electron chi connectivity index (χ3n) is 5.04. The molecule has 0 N–H and O–H groups in total. The molecule has 1 fully saturated rings. The molecule has 1 aromatic carbocycles. The van der Waals surface area contributed by atoms with E-state index >= 15 is 0 Å². The van der Waals surface area contributed by atoms with Crippen molar-refractivity contribution in [3.63, 3.8) is 0 Å². The predicted octanol–water partition coefficient (Wildman–Crippen LogP) is 4.25. The number of benzene rings is 1. The molecule has 3 heteroatoms. The van der Waals surface area contributed by atoms with Crippen molar-refractivity contribution in [3.05, 3.63) is 57.3 Å². The topological polar surface area (TPSA) is 12.5 Å². The third-order valence-corrected chi connectivity index (χ3v) is 6.13. The minimum atomic E-state index is 0.272. The number of hydrogen-bond donors (Lipinski definition) is 0. The summed E-state index contributed by atoms with van der Waals surface area (Å²) in [5.74, 6) is 0. The van der Waals surface area contributed by atoms with Gasteiger partial charge in [-0.15, -0.1) is 11.3 Å². The van der Waals surface area contributed by atoms with Crippen LogP contribution in [0.1, 0.15) is 40.5 Å². The van der Waals surface area contributed by atoms with Gasteiger partial charge in [-0.1, -0.05) is 29.8 Å². The number of thiophene rings is 1. The van der Waals surface area contributed by atoms with E-state index in [1.807, 2.05) is 18.4 Å². The molecule has 0 bridgehead atoms. The maximum Gasteiger partial charge on any atom is 0.0709 e. The van der Waals surface area contributed by atoms with Gasteiger partial charge in [0.1, 0.15) is 0 Å². The van der Waals surface area contributed by atoms with Crippen LogP contribution in [-0.4, -0.2) is 18.7 Å². The highest BCUT2D eigenvalue weighted by molar-refractivity contribution is 7.10. The van der Waals surface area contributed by atoms with Gasteiger partial charge < -0.3 is 4.84 Å². The fourth-order valence-corrected chi connectivity index (χ4v) is 4.87. The van der Waals surface area contributed by atoms with Crippen molar-refractivity contribution in [2.45, 2.75) is 37.6 Å². The Morgan fingerprint density at radius 3 is 2.81 bits per heavy atom. The summed E-state index contributed by atoms with van der Waals surface area (Å²) in [7, 11) is 1.82. The van der Waals surface area contributed by atoms with E-state index in [-0.39, 0.29) is 5.41 Å². The first kappa shape index (κ1) is 13.5. The van der Waals surface area contributed by atoms with Gasteiger partial charge in [0.15, 0.2) is 0 Å². The molecule has 0 saturated heterocycles. The van der Waals surface area contributed by atoms with Crippen molar-refractivity contribution in [2.24, 2.45) is 0 Å². The fourth-order valence-electron chi connectivity index (χ4n) is 3.85. The molecule has 4 rings (SSSR count). The monoisotopic (exact) mass is 299 g/mol. The van der Waals surface area contributed by atoms with E-state index in [1.54, 1.807) is 0 Å². The maximum atomic E-state index is 5.75. The lowest BCUT2D eigenvalue weighted by atomic mass is 9.82. The highest BCUT2D eigenvalue weighted by Gasteiger charge is 2.55. The van der Waals surface area contributed by atoms with Crippen LogP contribution in [0.2, 0.25) is 0 Å². The largest absolute Gasteiger partial charge is 0.302 e. The van der Waals surface area contributed by atoms with Crippen molar-refractivity contribution in [3.8, 4) is 0 Å². The van der Waals surface area contributed by atoms with Crippen LogP contribution in [0.5, 0.6) is 0 Å². The van der Waals surface area contributed by atoms with Gasteiger partial charge in [0.2, 0.25) is 0 Å². The van der Waals surface area contributed by atoms with Gasteiger partial charge >= 0.3 is 0 Å². The average Bonchev–Trinajstić information content (AvgIpc) is 3.10. The maximum absolute atomic E-state index is 5.75. The van der Waals surface area contributed by atoms with Gasteiger partial charge in [-0.25, -0.2) is 0 Å². The molecule has 2 aliphatic rings. The zero-order chi connectivity index (χ0) is 14.4. The van der Waals surface area contributed by atoms with Gasteiger partial charge in [0.25, 0.3) is 0 Å². The number of hydrogen-bond acceptors (Lipinski definition) is 3. The number of hydroxylamine groups is 2. The fraction of sp³-hybridized carbons (Fsp3) is 0.444. The van der Waals surface area contributed by atoms with E-state index in [2.05, 4.69) is 47.7 Å². The first-order chi connectivity index (χ1) is 10.2. The number of rotatable bonds is 3. The van der Waals surface area contributed by atoms with E-state index in [0.29, 0.717) is 6.04 Å². The van der Waals surface area contributed by atoms with Gasteiger partial charge in [-0.2, -0.15) is 5.06 Å². The van der Waals surface area contributed by atoms with Crippen LogP contribution in [0.3, 0.4) is 0 Å². The smallest absolute Gasteiger partial charge is 0.0709 e.